The van der Waals surface area contributed by atoms with Gasteiger partial charge in [-0.3, -0.25) is 4.79 Å². The minimum atomic E-state index is -0.887. The quantitative estimate of drug-likeness (QED) is 0.341. The van der Waals surface area contributed by atoms with E-state index in [2.05, 4.69) is 10.5 Å². The monoisotopic (exact) mass is 290 g/mol. The van der Waals surface area contributed by atoms with Gasteiger partial charge in [-0.2, -0.15) is 0 Å². The number of nitrogens with one attached hydrogen (secondary N) is 1. The van der Waals surface area contributed by atoms with Crippen molar-refractivity contribution in [2.24, 2.45) is 22.2 Å². The van der Waals surface area contributed by atoms with Crippen LogP contribution in [-0.2, 0) is 4.79 Å². The van der Waals surface area contributed by atoms with Crippen molar-refractivity contribution in [1.82, 2.24) is 0 Å². The summed E-state index contributed by atoms with van der Waals surface area (Å²) < 4.78 is 0. The Balaban J connectivity index is 2.19. The number of amidine groups is 1. The second kappa shape index (κ2) is 5.63. The third-order valence-electron chi connectivity index (χ3n) is 4.05. The van der Waals surface area contributed by atoms with Crippen molar-refractivity contribution in [3.8, 4) is 0 Å². The lowest BCUT2D eigenvalue weighted by atomic mass is 9.61. The van der Waals surface area contributed by atoms with E-state index in [9.17, 15) is 4.79 Å². The molecule has 1 saturated carbocycles. The molecule has 0 saturated heterocycles. The number of amides is 1. The zero-order chi connectivity index (χ0) is 15.6. The first-order valence-corrected chi connectivity index (χ1v) is 6.96. The van der Waals surface area contributed by atoms with Crippen LogP contribution in [0.2, 0.25) is 0 Å². The molecule has 1 fully saturated rings. The van der Waals surface area contributed by atoms with Crippen LogP contribution < -0.4 is 16.0 Å². The molecule has 1 amide bonds. The lowest BCUT2D eigenvalue weighted by Crippen LogP contribution is -2.54. The number of carbonyl (C=O) groups excluding carboxylic acids is 1. The molecular formula is C15H22N4O2. The highest BCUT2D eigenvalue weighted by molar-refractivity contribution is 6.12. The van der Waals surface area contributed by atoms with Crippen molar-refractivity contribution >= 4 is 23.1 Å². The summed E-state index contributed by atoms with van der Waals surface area (Å²) in [7, 11) is 3.87. The smallest absolute Gasteiger partial charge is 0.238 e. The van der Waals surface area contributed by atoms with Crippen molar-refractivity contribution < 1.29 is 10.0 Å². The average molecular weight is 290 g/mol. The molecule has 4 N–H and O–H groups in total. The number of benzene rings is 1. The van der Waals surface area contributed by atoms with E-state index < -0.39 is 5.41 Å². The van der Waals surface area contributed by atoms with E-state index in [-0.39, 0.29) is 11.7 Å². The van der Waals surface area contributed by atoms with Crippen LogP contribution in [-0.4, -0.2) is 31.0 Å². The first-order valence-electron chi connectivity index (χ1n) is 6.96. The predicted octanol–water partition coefficient (Wildman–Crippen LogP) is 1.85. The molecule has 1 aromatic rings. The number of rotatable bonds is 4. The highest BCUT2D eigenvalue weighted by Gasteiger charge is 2.52. The Morgan fingerprint density at radius 1 is 1.48 bits per heavy atom. The molecular weight excluding hydrogens is 268 g/mol. The second-order valence-electron chi connectivity index (χ2n) is 5.98. The molecule has 1 aliphatic rings. The minimum absolute atomic E-state index is 0.0122. The zero-order valence-electron chi connectivity index (χ0n) is 12.6. The lowest BCUT2D eigenvalue weighted by molar-refractivity contribution is -0.127. The molecule has 0 unspecified atom stereocenters. The van der Waals surface area contributed by atoms with E-state index in [4.69, 9.17) is 10.9 Å². The summed E-state index contributed by atoms with van der Waals surface area (Å²) in [6.07, 6.45) is 1.20. The molecule has 0 bridgehead atoms. The standard InChI is InChI=1S/C15H22N4O2/c1-10-8-15(9-10,13(16)18-21)14(20)17-11-5-4-6-12(7-11)19(2)3/h4-7,10,21H,8-9H2,1-3H3,(H2,16,18)(H,17,20). The van der Waals surface area contributed by atoms with E-state index in [0.29, 0.717) is 24.4 Å². The number of hydrogen-bond acceptors (Lipinski definition) is 4. The van der Waals surface area contributed by atoms with E-state index in [0.717, 1.165) is 5.69 Å². The van der Waals surface area contributed by atoms with E-state index in [1.54, 1.807) is 0 Å². The molecule has 21 heavy (non-hydrogen) atoms. The maximum absolute atomic E-state index is 12.5. The van der Waals surface area contributed by atoms with Crippen LogP contribution in [0.15, 0.2) is 29.4 Å². The first kappa shape index (κ1) is 15.2. The van der Waals surface area contributed by atoms with Crippen LogP contribution >= 0.6 is 0 Å². The van der Waals surface area contributed by atoms with Gasteiger partial charge in [0.1, 0.15) is 5.41 Å². The van der Waals surface area contributed by atoms with Gasteiger partial charge in [0.2, 0.25) is 5.91 Å². The maximum Gasteiger partial charge on any atom is 0.238 e. The van der Waals surface area contributed by atoms with Gasteiger partial charge in [-0.05, 0) is 37.0 Å². The summed E-state index contributed by atoms with van der Waals surface area (Å²) in [4.78, 5) is 14.5. The minimum Gasteiger partial charge on any atom is -0.409 e. The number of carbonyl (C=O) groups is 1. The van der Waals surface area contributed by atoms with Crippen LogP contribution in [0.4, 0.5) is 11.4 Å². The number of hydrogen-bond donors (Lipinski definition) is 3. The molecule has 0 aliphatic heterocycles. The van der Waals surface area contributed by atoms with Crippen LogP contribution in [0.1, 0.15) is 19.8 Å². The maximum atomic E-state index is 12.5. The lowest BCUT2D eigenvalue weighted by Gasteiger charge is -2.43. The number of nitrogens with two attached hydrogens (primary N) is 1. The summed E-state index contributed by atoms with van der Waals surface area (Å²) in [5.41, 5.74) is 6.55. The molecule has 1 aromatic carbocycles. The van der Waals surface area contributed by atoms with Crippen molar-refractivity contribution in [3.05, 3.63) is 24.3 Å². The fraction of sp³-hybridized carbons (Fsp3) is 0.467. The zero-order valence-corrected chi connectivity index (χ0v) is 12.6. The Hall–Kier alpha value is -2.24. The summed E-state index contributed by atoms with van der Waals surface area (Å²) in [5.74, 6) is 0.165. The van der Waals surface area contributed by atoms with Gasteiger partial charge < -0.3 is 21.2 Å². The Morgan fingerprint density at radius 2 is 2.14 bits per heavy atom. The summed E-state index contributed by atoms with van der Waals surface area (Å²) in [6.45, 7) is 2.04. The van der Waals surface area contributed by atoms with Crippen LogP contribution in [0, 0.1) is 11.3 Å². The van der Waals surface area contributed by atoms with Crippen LogP contribution in [0.5, 0.6) is 0 Å². The van der Waals surface area contributed by atoms with E-state index in [1.165, 1.54) is 0 Å². The second-order valence-corrected chi connectivity index (χ2v) is 5.98. The average Bonchev–Trinajstić information content (AvgIpc) is 2.42. The summed E-state index contributed by atoms with van der Waals surface area (Å²) in [5, 5.41) is 14.9. The molecule has 0 atom stereocenters. The Morgan fingerprint density at radius 3 is 2.67 bits per heavy atom. The van der Waals surface area contributed by atoms with E-state index >= 15 is 0 Å². The Kier molecular flexibility index (Phi) is 4.06. The molecule has 114 valence electrons. The molecule has 0 spiro atoms. The molecule has 0 aromatic heterocycles. The van der Waals surface area contributed by atoms with Crippen molar-refractivity contribution in [3.63, 3.8) is 0 Å². The highest BCUT2D eigenvalue weighted by atomic mass is 16.4. The van der Waals surface area contributed by atoms with Gasteiger partial charge in [0.05, 0.1) is 0 Å². The van der Waals surface area contributed by atoms with Gasteiger partial charge in [-0.15, -0.1) is 0 Å². The van der Waals surface area contributed by atoms with Gasteiger partial charge >= 0.3 is 0 Å². The van der Waals surface area contributed by atoms with Crippen LogP contribution in [0.25, 0.3) is 0 Å². The molecule has 6 nitrogen and oxygen atoms in total. The SMILES string of the molecule is CC1CC(C(=O)Nc2cccc(N(C)C)c2)(/C(N)=N/O)C1. The Bertz CT molecular complexity index is 563. The Labute approximate surface area is 124 Å². The molecule has 0 radical (unpaired) electrons. The third kappa shape index (κ3) is 2.79. The van der Waals surface area contributed by atoms with Crippen molar-refractivity contribution in [2.45, 2.75) is 19.8 Å². The summed E-state index contributed by atoms with van der Waals surface area (Å²) >= 11 is 0. The third-order valence-corrected chi connectivity index (χ3v) is 4.05. The molecule has 2 rings (SSSR count). The molecule has 6 heteroatoms. The first-order chi connectivity index (χ1) is 9.89. The topological polar surface area (TPSA) is 91.0 Å². The fourth-order valence-corrected chi connectivity index (χ4v) is 2.85. The largest absolute Gasteiger partial charge is 0.409 e. The number of oxime groups is 1. The normalized spacial score (nSPS) is 25.1. The van der Waals surface area contributed by atoms with Crippen molar-refractivity contribution in [2.75, 3.05) is 24.3 Å². The predicted molar refractivity (Wildman–Crippen MR) is 83.6 cm³/mol. The number of nitrogens with zero attached hydrogens (tertiary/aromatic N) is 2. The molecule has 0 heterocycles. The van der Waals surface area contributed by atoms with Gasteiger partial charge in [-0.1, -0.05) is 18.1 Å². The molecule has 1 aliphatic carbocycles. The van der Waals surface area contributed by atoms with E-state index in [1.807, 2.05) is 50.2 Å². The van der Waals surface area contributed by atoms with Gasteiger partial charge in [0, 0.05) is 25.5 Å². The van der Waals surface area contributed by atoms with Gasteiger partial charge in [0.15, 0.2) is 5.84 Å². The van der Waals surface area contributed by atoms with Gasteiger partial charge in [-0.25, -0.2) is 0 Å². The van der Waals surface area contributed by atoms with Gasteiger partial charge in [0.25, 0.3) is 0 Å². The fourth-order valence-electron chi connectivity index (χ4n) is 2.85. The van der Waals surface area contributed by atoms with Crippen LogP contribution in [0.3, 0.4) is 0 Å². The summed E-state index contributed by atoms with van der Waals surface area (Å²) in [6, 6.07) is 7.55. The highest BCUT2D eigenvalue weighted by Crippen LogP contribution is 2.46. The number of anilines is 2. The van der Waals surface area contributed by atoms with Crippen molar-refractivity contribution in [1.29, 1.82) is 0 Å².